The van der Waals surface area contributed by atoms with Crippen LogP contribution in [0.1, 0.15) is 31.1 Å². The molecule has 1 atom stereocenters. The number of para-hydroxylation sites is 1. The summed E-state index contributed by atoms with van der Waals surface area (Å²) >= 11 is 0. The van der Waals surface area contributed by atoms with Gasteiger partial charge in [-0.3, -0.25) is 9.59 Å². The first-order chi connectivity index (χ1) is 13.3. The van der Waals surface area contributed by atoms with Crippen LogP contribution in [0.25, 0.3) is 0 Å². The molecule has 0 unspecified atom stereocenters. The fourth-order valence-electron chi connectivity index (χ4n) is 2.63. The third-order valence-electron chi connectivity index (χ3n) is 4.14. The lowest BCUT2D eigenvalue weighted by molar-refractivity contribution is -0.118. The number of nitrogens with zero attached hydrogens (tertiary/aromatic N) is 2. The molecule has 1 aromatic carbocycles. The Kier molecular flexibility index (Phi) is 7.37. The van der Waals surface area contributed by atoms with Crippen LogP contribution in [0, 0.1) is 5.92 Å². The molecule has 0 aliphatic heterocycles. The summed E-state index contributed by atoms with van der Waals surface area (Å²) in [4.78, 5) is 31.7. The molecule has 0 aliphatic carbocycles. The third kappa shape index (κ3) is 5.45. The average molecular weight is 384 g/mol. The normalized spacial score (nSPS) is 11.6. The van der Waals surface area contributed by atoms with Gasteiger partial charge in [0.15, 0.2) is 0 Å². The molecule has 28 heavy (non-hydrogen) atoms. The van der Waals surface area contributed by atoms with Crippen molar-refractivity contribution >= 4 is 23.3 Å². The first-order valence-electron chi connectivity index (χ1n) is 9.30. The van der Waals surface area contributed by atoms with Gasteiger partial charge in [0.1, 0.15) is 17.6 Å². The van der Waals surface area contributed by atoms with Crippen LogP contribution in [0.15, 0.2) is 42.6 Å². The van der Waals surface area contributed by atoms with Crippen LogP contribution < -0.4 is 20.3 Å². The highest BCUT2D eigenvalue weighted by Crippen LogP contribution is 2.19. The molecule has 0 saturated carbocycles. The van der Waals surface area contributed by atoms with Crippen LogP contribution in [-0.4, -0.2) is 43.5 Å². The predicted octanol–water partition coefficient (Wildman–Crippen LogP) is 2.94. The summed E-state index contributed by atoms with van der Waals surface area (Å²) in [6.45, 7) is 6.07. The first-order valence-corrected chi connectivity index (χ1v) is 9.30. The maximum atomic E-state index is 12.8. The number of ether oxygens (including phenoxy) is 1. The number of anilines is 2. The van der Waals surface area contributed by atoms with E-state index in [2.05, 4.69) is 15.6 Å². The van der Waals surface area contributed by atoms with Crippen molar-refractivity contribution in [2.75, 3.05) is 30.9 Å². The van der Waals surface area contributed by atoms with Gasteiger partial charge in [-0.25, -0.2) is 4.98 Å². The molecule has 0 spiro atoms. The van der Waals surface area contributed by atoms with E-state index >= 15 is 0 Å². The minimum absolute atomic E-state index is 0.0998. The smallest absolute Gasteiger partial charge is 0.255 e. The zero-order chi connectivity index (χ0) is 20.7. The molecule has 7 heteroatoms. The summed E-state index contributed by atoms with van der Waals surface area (Å²) in [7, 11) is 3.79. The maximum Gasteiger partial charge on any atom is 0.255 e. The number of amides is 2. The summed E-state index contributed by atoms with van der Waals surface area (Å²) in [6, 6.07) is 9.88. The Morgan fingerprint density at radius 3 is 2.43 bits per heavy atom. The second-order valence-electron chi connectivity index (χ2n) is 6.91. The lowest BCUT2D eigenvalue weighted by Crippen LogP contribution is -2.47. The van der Waals surface area contributed by atoms with Crippen molar-refractivity contribution in [3.63, 3.8) is 0 Å². The van der Waals surface area contributed by atoms with Gasteiger partial charge in [0.05, 0.1) is 24.1 Å². The largest absolute Gasteiger partial charge is 0.493 e. The highest BCUT2D eigenvalue weighted by Gasteiger charge is 2.26. The van der Waals surface area contributed by atoms with Crippen LogP contribution >= 0.6 is 0 Å². The molecule has 1 heterocycles. The number of rotatable bonds is 8. The third-order valence-corrected chi connectivity index (χ3v) is 4.14. The SMILES string of the molecule is CCOc1ccccc1C(=O)N[C@H](C(=O)Nc1ccc(N(C)C)nc1)C(C)C. The number of benzene rings is 1. The van der Waals surface area contributed by atoms with Gasteiger partial charge >= 0.3 is 0 Å². The van der Waals surface area contributed by atoms with E-state index in [-0.39, 0.29) is 17.7 Å². The molecule has 2 rings (SSSR count). The van der Waals surface area contributed by atoms with Crippen molar-refractivity contribution in [3.8, 4) is 5.75 Å². The molecule has 0 radical (unpaired) electrons. The molecular weight excluding hydrogens is 356 g/mol. The monoisotopic (exact) mass is 384 g/mol. The Hall–Kier alpha value is -3.09. The standard InChI is InChI=1S/C21H28N4O3/c1-6-28-17-10-8-7-9-16(17)20(26)24-19(14(2)3)21(27)23-15-11-12-18(22-13-15)25(4)5/h7-14,19H,6H2,1-5H3,(H,23,27)(H,24,26)/t19-/m0/s1. The molecule has 0 saturated heterocycles. The second kappa shape index (κ2) is 9.73. The molecule has 2 amide bonds. The lowest BCUT2D eigenvalue weighted by Gasteiger charge is -2.22. The van der Waals surface area contributed by atoms with Crippen molar-refractivity contribution in [3.05, 3.63) is 48.2 Å². The van der Waals surface area contributed by atoms with Gasteiger partial charge < -0.3 is 20.3 Å². The molecule has 2 N–H and O–H groups in total. The molecule has 1 aromatic heterocycles. The van der Waals surface area contributed by atoms with Crippen molar-refractivity contribution in [1.29, 1.82) is 0 Å². The topological polar surface area (TPSA) is 83.6 Å². The molecule has 150 valence electrons. The zero-order valence-electron chi connectivity index (χ0n) is 17.0. The van der Waals surface area contributed by atoms with E-state index in [9.17, 15) is 9.59 Å². The van der Waals surface area contributed by atoms with Gasteiger partial charge in [0, 0.05) is 14.1 Å². The summed E-state index contributed by atoms with van der Waals surface area (Å²) in [5.74, 6) is 0.543. The van der Waals surface area contributed by atoms with Crippen LogP contribution in [0.2, 0.25) is 0 Å². The first kappa shape index (κ1) is 21.2. The van der Waals surface area contributed by atoms with Gasteiger partial charge in [-0.15, -0.1) is 0 Å². The van der Waals surface area contributed by atoms with Crippen molar-refractivity contribution < 1.29 is 14.3 Å². The van der Waals surface area contributed by atoms with Crippen LogP contribution in [0.3, 0.4) is 0 Å². The van der Waals surface area contributed by atoms with Crippen LogP contribution in [-0.2, 0) is 4.79 Å². The van der Waals surface area contributed by atoms with E-state index in [0.29, 0.717) is 23.6 Å². The van der Waals surface area contributed by atoms with Crippen molar-refractivity contribution in [2.24, 2.45) is 5.92 Å². The molecule has 0 aliphatic rings. The van der Waals surface area contributed by atoms with Gasteiger partial charge in [0.25, 0.3) is 5.91 Å². The van der Waals surface area contributed by atoms with Gasteiger partial charge in [0.2, 0.25) is 5.91 Å². The molecule has 0 bridgehead atoms. The van der Waals surface area contributed by atoms with E-state index in [4.69, 9.17) is 4.74 Å². The fraction of sp³-hybridized carbons (Fsp3) is 0.381. The Labute approximate surface area is 166 Å². The second-order valence-corrected chi connectivity index (χ2v) is 6.91. The van der Waals surface area contributed by atoms with E-state index in [1.54, 1.807) is 36.5 Å². The number of hydrogen-bond acceptors (Lipinski definition) is 5. The highest BCUT2D eigenvalue weighted by molar-refractivity contribution is 6.02. The number of nitrogens with one attached hydrogen (secondary N) is 2. The minimum Gasteiger partial charge on any atom is -0.493 e. The highest BCUT2D eigenvalue weighted by atomic mass is 16.5. The molecule has 2 aromatic rings. The Morgan fingerprint density at radius 2 is 1.86 bits per heavy atom. The number of carbonyl (C=O) groups is 2. The summed E-state index contributed by atoms with van der Waals surface area (Å²) in [5, 5.41) is 5.64. The molecule has 0 fully saturated rings. The number of carbonyl (C=O) groups excluding carboxylic acids is 2. The average Bonchev–Trinajstić information content (AvgIpc) is 2.66. The van der Waals surface area contributed by atoms with E-state index < -0.39 is 6.04 Å². The number of hydrogen-bond donors (Lipinski definition) is 2. The predicted molar refractivity (Wildman–Crippen MR) is 111 cm³/mol. The molecular formula is C21H28N4O3. The lowest BCUT2D eigenvalue weighted by atomic mass is 10.0. The summed E-state index contributed by atoms with van der Waals surface area (Å²) in [6.07, 6.45) is 1.59. The Morgan fingerprint density at radius 1 is 1.14 bits per heavy atom. The van der Waals surface area contributed by atoms with Crippen LogP contribution in [0.4, 0.5) is 11.5 Å². The van der Waals surface area contributed by atoms with Crippen LogP contribution in [0.5, 0.6) is 5.75 Å². The van der Waals surface area contributed by atoms with E-state index in [0.717, 1.165) is 5.82 Å². The van der Waals surface area contributed by atoms with Gasteiger partial charge in [-0.05, 0) is 37.1 Å². The Balaban J connectivity index is 2.12. The Bertz CT molecular complexity index is 804. The van der Waals surface area contributed by atoms with Crippen molar-refractivity contribution in [2.45, 2.75) is 26.8 Å². The summed E-state index contributed by atoms with van der Waals surface area (Å²) in [5.41, 5.74) is 0.977. The maximum absolute atomic E-state index is 12.8. The quantitative estimate of drug-likeness (QED) is 0.731. The van der Waals surface area contributed by atoms with Crippen molar-refractivity contribution in [1.82, 2.24) is 10.3 Å². The summed E-state index contributed by atoms with van der Waals surface area (Å²) < 4.78 is 5.51. The van der Waals surface area contributed by atoms with E-state index in [1.807, 2.05) is 45.8 Å². The zero-order valence-corrected chi connectivity index (χ0v) is 17.0. The van der Waals surface area contributed by atoms with Gasteiger partial charge in [-0.1, -0.05) is 26.0 Å². The minimum atomic E-state index is -0.698. The number of aromatic nitrogens is 1. The van der Waals surface area contributed by atoms with Gasteiger partial charge in [-0.2, -0.15) is 0 Å². The fourth-order valence-corrected chi connectivity index (χ4v) is 2.63. The van der Waals surface area contributed by atoms with E-state index in [1.165, 1.54) is 0 Å². The number of pyridine rings is 1. The molecule has 7 nitrogen and oxygen atoms in total.